The van der Waals surface area contributed by atoms with Crippen molar-refractivity contribution in [2.45, 2.75) is 6.61 Å². The molecule has 0 unspecified atom stereocenters. The molecule has 0 saturated carbocycles. The molecule has 6 heteroatoms. The summed E-state index contributed by atoms with van der Waals surface area (Å²) in [6.07, 6.45) is 0. The maximum absolute atomic E-state index is 13.9. The molecule has 4 nitrogen and oxygen atoms in total. The van der Waals surface area contributed by atoms with Gasteiger partial charge in [0.2, 0.25) is 0 Å². The number of halogens is 1. The Kier molecular flexibility index (Phi) is 4.47. The number of methoxy groups -OCH3 is 1. The summed E-state index contributed by atoms with van der Waals surface area (Å²) in [4.78, 5) is 12.5. The van der Waals surface area contributed by atoms with Gasteiger partial charge in [0.05, 0.1) is 11.5 Å². The van der Waals surface area contributed by atoms with Gasteiger partial charge in [-0.25, -0.2) is 4.39 Å². The number of nitrogens with two attached hydrogens (primary N) is 1. The zero-order valence-electron chi connectivity index (χ0n) is 10.5. The highest BCUT2D eigenvalue weighted by Crippen LogP contribution is 2.33. The van der Waals surface area contributed by atoms with E-state index >= 15 is 0 Å². The van der Waals surface area contributed by atoms with Crippen LogP contribution >= 0.6 is 11.3 Å². The summed E-state index contributed by atoms with van der Waals surface area (Å²) in [5, 5.41) is 3.16. The molecule has 2 rings (SSSR count). The van der Waals surface area contributed by atoms with Gasteiger partial charge in [-0.2, -0.15) is 0 Å². The molecular weight excluding hydrogens is 267 g/mol. The van der Waals surface area contributed by atoms with E-state index < -0.39 is 0 Å². The molecule has 0 aliphatic heterocycles. The van der Waals surface area contributed by atoms with Crippen molar-refractivity contribution < 1.29 is 13.9 Å². The van der Waals surface area contributed by atoms with Crippen LogP contribution in [0, 0.1) is 5.82 Å². The molecule has 0 saturated heterocycles. The average molecular weight is 282 g/mol. The van der Waals surface area contributed by atoms with E-state index in [2.05, 4.69) is 5.32 Å². The van der Waals surface area contributed by atoms with Gasteiger partial charge in [0.25, 0.3) is 5.91 Å². The maximum Gasteiger partial charge on any atom is 0.261 e. The average Bonchev–Trinajstić information content (AvgIpc) is 2.77. The summed E-state index contributed by atoms with van der Waals surface area (Å²) in [5.41, 5.74) is 5.95. The second-order valence-electron chi connectivity index (χ2n) is 4.00. The second-order valence-corrected chi connectivity index (χ2v) is 5.05. The van der Waals surface area contributed by atoms with E-state index in [0.29, 0.717) is 28.9 Å². The predicted octanol–water partition coefficient (Wildman–Crippen LogP) is 1.88. The first kappa shape index (κ1) is 13.9. The number of rotatable bonds is 5. The van der Waals surface area contributed by atoms with Crippen molar-refractivity contribution in [2.75, 3.05) is 20.2 Å². The minimum atomic E-state index is -0.335. The molecule has 1 amide bonds. The van der Waals surface area contributed by atoms with E-state index in [1.165, 1.54) is 24.5 Å². The van der Waals surface area contributed by atoms with E-state index in [4.69, 9.17) is 10.5 Å². The maximum atomic E-state index is 13.9. The highest BCUT2D eigenvalue weighted by molar-refractivity contribution is 7.21. The van der Waals surface area contributed by atoms with E-state index in [9.17, 15) is 9.18 Å². The van der Waals surface area contributed by atoms with Crippen LogP contribution in [0.5, 0.6) is 0 Å². The number of hydrogen-bond acceptors (Lipinski definition) is 4. The smallest absolute Gasteiger partial charge is 0.261 e. The van der Waals surface area contributed by atoms with Crippen LogP contribution in [0.25, 0.3) is 10.1 Å². The molecule has 0 radical (unpaired) electrons. The fraction of sp³-hybridized carbons (Fsp3) is 0.308. The quantitative estimate of drug-likeness (QED) is 0.880. The lowest BCUT2D eigenvalue weighted by molar-refractivity contribution is 0.0954. The Bertz CT molecular complexity index is 598. The number of hydrogen-bond donors (Lipinski definition) is 2. The predicted molar refractivity (Wildman–Crippen MR) is 73.9 cm³/mol. The molecule has 19 heavy (non-hydrogen) atoms. The molecule has 0 aliphatic rings. The van der Waals surface area contributed by atoms with Crippen molar-refractivity contribution in [1.29, 1.82) is 0 Å². The van der Waals surface area contributed by atoms with Crippen molar-refractivity contribution in [3.05, 3.63) is 34.5 Å². The van der Waals surface area contributed by atoms with Crippen LogP contribution in [-0.2, 0) is 11.3 Å². The summed E-state index contributed by atoms with van der Waals surface area (Å²) < 4.78 is 19.7. The number of ether oxygens (including phenoxy) is 1. The summed E-state index contributed by atoms with van der Waals surface area (Å²) >= 11 is 1.26. The summed E-state index contributed by atoms with van der Waals surface area (Å²) in [7, 11) is 1.52. The van der Waals surface area contributed by atoms with Gasteiger partial charge >= 0.3 is 0 Å². The van der Waals surface area contributed by atoms with Gasteiger partial charge < -0.3 is 15.8 Å². The highest BCUT2D eigenvalue weighted by Gasteiger charge is 2.20. The van der Waals surface area contributed by atoms with Gasteiger partial charge in [0.1, 0.15) is 5.82 Å². The first-order valence-electron chi connectivity index (χ1n) is 5.86. The monoisotopic (exact) mass is 282 g/mol. The Hall–Kier alpha value is -1.50. The Morgan fingerprint density at radius 2 is 2.32 bits per heavy atom. The first-order chi connectivity index (χ1) is 9.19. The first-order valence-corrected chi connectivity index (χ1v) is 6.67. The van der Waals surface area contributed by atoms with E-state index in [-0.39, 0.29) is 18.3 Å². The number of nitrogens with one attached hydrogen (secondary N) is 1. The molecule has 0 aliphatic carbocycles. The normalized spacial score (nSPS) is 10.9. The third-order valence-electron chi connectivity index (χ3n) is 2.69. The molecule has 1 aromatic heterocycles. The number of carbonyl (C=O) groups is 1. The molecule has 102 valence electrons. The van der Waals surface area contributed by atoms with Crippen LogP contribution in [0.15, 0.2) is 18.2 Å². The molecule has 2 aromatic rings. The van der Waals surface area contributed by atoms with Gasteiger partial charge in [-0.15, -0.1) is 11.3 Å². The lowest BCUT2D eigenvalue weighted by atomic mass is 10.1. The lowest BCUT2D eigenvalue weighted by Crippen LogP contribution is -2.29. The molecule has 0 atom stereocenters. The summed E-state index contributed by atoms with van der Waals surface area (Å²) in [6, 6.07) is 4.81. The molecule has 3 N–H and O–H groups in total. The van der Waals surface area contributed by atoms with Crippen molar-refractivity contribution >= 4 is 27.3 Å². The Labute approximate surface area is 114 Å². The van der Waals surface area contributed by atoms with Gasteiger partial charge in [-0.3, -0.25) is 4.79 Å². The largest absolute Gasteiger partial charge is 0.380 e. The Morgan fingerprint density at radius 1 is 1.53 bits per heavy atom. The van der Waals surface area contributed by atoms with Crippen LogP contribution in [0.2, 0.25) is 0 Å². The third-order valence-corrected chi connectivity index (χ3v) is 3.88. The van der Waals surface area contributed by atoms with Gasteiger partial charge in [-0.05, 0) is 12.1 Å². The topological polar surface area (TPSA) is 64.3 Å². The molecular formula is C13H15FN2O2S. The zero-order valence-corrected chi connectivity index (χ0v) is 11.3. The van der Waals surface area contributed by atoms with Crippen molar-refractivity contribution in [3.63, 3.8) is 0 Å². The molecule has 0 spiro atoms. The fourth-order valence-electron chi connectivity index (χ4n) is 1.90. The number of benzene rings is 1. The highest BCUT2D eigenvalue weighted by atomic mass is 32.1. The number of thiophene rings is 1. The minimum Gasteiger partial charge on any atom is -0.380 e. The molecule has 0 bridgehead atoms. The van der Waals surface area contributed by atoms with Crippen LogP contribution in [0.4, 0.5) is 4.39 Å². The van der Waals surface area contributed by atoms with E-state index in [1.807, 2.05) is 0 Å². The van der Waals surface area contributed by atoms with Gasteiger partial charge in [0.15, 0.2) is 0 Å². The summed E-state index contributed by atoms with van der Waals surface area (Å²) in [5.74, 6) is -0.572. The number of amides is 1. The van der Waals surface area contributed by atoms with Crippen LogP contribution in [0.1, 0.15) is 15.2 Å². The minimum absolute atomic E-state index is 0.201. The van der Waals surface area contributed by atoms with Crippen molar-refractivity contribution in [3.8, 4) is 0 Å². The molecule has 1 heterocycles. The number of fused-ring (bicyclic) bond motifs is 1. The standard InChI is InChI=1S/C13H15FN2O2S/c1-18-7-8-11-9(14)3-2-4-10(11)19-12(8)13(17)16-6-5-15/h2-4H,5-7,15H2,1H3,(H,16,17). The van der Waals surface area contributed by atoms with Gasteiger partial charge in [-0.1, -0.05) is 6.07 Å². The number of carbonyl (C=O) groups excluding carboxylic acids is 1. The Balaban J connectivity index is 2.50. The Morgan fingerprint density at radius 3 is 3.00 bits per heavy atom. The SMILES string of the molecule is COCc1c(C(=O)NCCN)sc2cccc(F)c12. The summed E-state index contributed by atoms with van der Waals surface area (Å²) in [6.45, 7) is 0.957. The third kappa shape index (κ3) is 2.75. The van der Waals surface area contributed by atoms with E-state index in [0.717, 1.165) is 4.70 Å². The second kappa shape index (κ2) is 6.10. The molecule has 0 fully saturated rings. The fourth-order valence-corrected chi connectivity index (χ4v) is 3.04. The lowest BCUT2D eigenvalue weighted by Gasteiger charge is -2.05. The van der Waals surface area contributed by atoms with Crippen LogP contribution in [0.3, 0.4) is 0 Å². The van der Waals surface area contributed by atoms with Gasteiger partial charge in [0, 0.05) is 35.8 Å². The van der Waals surface area contributed by atoms with E-state index in [1.54, 1.807) is 12.1 Å². The van der Waals surface area contributed by atoms with Crippen LogP contribution in [-0.4, -0.2) is 26.1 Å². The van der Waals surface area contributed by atoms with Crippen LogP contribution < -0.4 is 11.1 Å². The van der Waals surface area contributed by atoms with Crippen molar-refractivity contribution in [1.82, 2.24) is 5.32 Å². The zero-order chi connectivity index (χ0) is 13.8. The van der Waals surface area contributed by atoms with Crippen molar-refractivity contribution in [2.24, 2.45) is 5.73 Å². The molecule has 1 aromatic carbocycles.